The van der Waals surface area contributed by atoms with Gasteiger partial charge in [-0.2, -0.15) is 0 Å². The molecule has 3 atom stereocenters. The first kappa shape index (κ1) is 12.7. The second-order valence-corrected chi connectivity index (χ2v) is 5.00. The van der Waals surface area contributed by atoms with E-state index in [4.69, 9.17) is 4.74 Å². The summed E-state index contributed by atoms with van der Waals surface area (Å²) in [4.78, 5) is 0. The largest absolute Gasteiger partial charge is 0.487 e. The zero-order chi connectivity index (χ0) is 12.3. The van der Waals surface area contributed by atoms with Gasteiger partial charge in [-0.05, 0) is 43.3 Å². The highest BCUT2D eigenvalue weighted by Gasteiger charge is 2.26. The van der Waals surface area contributed by atoms with E-state index >= 15 is 0 Å². The van der Waals surface area contributed by atoms with Gasteiger partial charge in [0.2, 0.25) is 0 Å². The summed E-state index contributed by atoms with van der Waals surface area (Å²) in [6.07, 6.45) is 0.771. The molecule has 2 N–H and O–H groups in total. The van der Waals surface area contributed by atoms with Gasteiger partial charge in [-0.3, -0.25) is 5.09 Å². The van der Waals surface area contributed by atoms with Crippen molar-refractivity contribution in [2.75, 3.05) is 13.2 Å². The van der Waals surface area contributed by atoms with Gasteiger partial charge >= 0.3 is 0 Å². The van der Waals surface area contributed by atoms with Crippen LogP contribution in [-0.2, 0) is 6.42 Å². The maximum atomic E-state index is 13.0. The molecule has 5 heteroatoms. The van der Waals surface area contributed by atoms with E-state index < -0.39 is 6.10 Å². The van der Waals surface area contributed by atoms with Crippen molar-refractivity contribution in [1.82, 2.24) is 5.09 Å². The molecule has 17 heavy (non-hydrogen) atoms. The number of benzene rings is 1. The fourth-order valence-corrected chi connectivity index (χ4v) is 2.40. The summed E-state index contributed by atoms with van der Waals surface area (Å²) in [5, 5.41) is 13.0. The van der Waals surface area contributed by atoms with Gasteiger partial charge in [0.05, 0.1) is 0 Å². The molecule has 0 radical (unpaired) electrons. The third kappa shape index (κ3) is 3.15. The molecule has 0 amide bonds. The Hall–Kier alpha value is -0.700. The minimum absolute atomic E-state index is 0.197. The van der Waals surface area contributed by atoms with Crippen molar-refractivity contribution < 1.29 is 14.2 Å². The SMILES string of the molecule is CPNCC(O)C1CCc2cc(F)ccc2O1. The van der Waals surface area contributed by atoms with Gasteiger partial charge < -0.3 is 9.84 Å². The number of aryl methyl sites for hydroxylation is 1. The van der Waals surface area contributed by atoms with Gasteiger partial charge in [0.1, 0.15) is 23.8 Å². The van der Waals surface area contributed by atoms with E-state index in [0.29, 0.717) is 21.0 Å². The average molecular weight is 257 g/mol. The first-order valence-corrected chi connectivity index (χ1v) is 7.23. The summed E-state index contributed by atoms with van der Waals surface area (Å²) >= 11 is 0. The van der Waals surface area contributed by atoms with E-state index in [-0.39, 0.29) is 11.9 Å². The number of nitrogens with one attached hydrogen (secondary N) is 1. The van der Waals surface area contributed by atoms with E-state index in [2.05, 4.69) is 5.09 Å². The van der Waals surface area contributed by atoms with E-state index in [9.17, 15) is 9.50 Å². The van der Waals surface area contributed by atoms with Crippen molar-refractivity contribution in [3.05, 3.63) is 29.6 Å². The van der Waals surface area contributed by atoms with Crippen molar-refractivity contribution in [2.24, 2.45) is 0 Å². The Morgan fingerprint density at radius 1 is 1.65 bits per heavy atom. The lowest BCUT2D eigenvalue weighted by molar-refractivity contribution is 0.0277. The second-order valence-electron chi connectivity index (χ2n) is 4.15. The molecule has 1 aliphatic rings. The van der Waals surface area contributed by atoms with E-state index in [0.717, 1.165) is 18.4 Å². The number of hydrogen-bond acceptors (Lipinski definition) is 3. The summed E-state index contributed by atoms with van der Waals surface area (Å²) in [7, 11) is 0.611. The lowest BCUT2D eigenvalue weighted by Crippen LogP contribution is -2.40. The topological polar surface area (TPSA) is 41.5 Å². The molecule has 0 aliphatic carbocycles. The van der Waals surface area contributed by atoms with Gasteiger partial charge in [0, 0.05) is 6.54 Å². The minimum atomic E-state index is -0.513. The van der Waals surface area contributed by atoms with Gasteiger partial charge in [-0.15, -0.1) is 0 Å². The first-order chi connectivity index (χ1) is 8.20. The van der Waals surface area contributed by atoms with Crippen LogP contribution in [0.25, 0.3) is 0 Å². The van der Waals surface area contributed by atoms with Gasteiger partial charge in [0.25, 0.3) is 0 Å². The van der Waals surface area contributed by atoms with Crippen LogP contribution in [-0.4, -0.2) is 30.5 Å². The van der Waals surface area contributed by atoms with E-state index in [1.165, 1.54) is 12.1 Å². The lowest BCUT2D eigenvalue weighted by atomic mass is 9.99. The van der Waals surface area contributed by atoms with Crippen LogP contribution in [0, 0.1) is 5.82 Å². The van der Waals surface area contributed by atoms with Crippen LogP contribution in [0.1, 0.15) is 12.0 Å². The first-order valence-electron chi connectivity index (χ1n) is 5.73. The number of fused-ring (bicyclic) bond motifs is 1. The Morgan fingerprint density at radius 2 is 2.47 bits per heavy atom. The fraction of sp³-hybridized carbons (Fsp3) is 0.500. The highest BCUT2D eigenvalue weighted by Crippen LogP contribution is 2.29. The summed E-state index contributed by atoms with van der Waals surface area (Å²) in [5.41, 5.74) is 0.888. The molecule has 0 saturated carbocycles. The monoisotopic (exact) mass is 257 g/mol. The molecular weight excluding hydrogens is 240 g/mol. The normalized spacial score (nSPS) is 21.2. The maximum Gasteiger partial charge on any atom is 0.126 e. The summed E-state index contributed by atoms with van der Waals surface area (Å²) in [6, 6.07) is 4.53. The van der Waals surface area contributed by atoms with Gasteiger partial charge in [-0.1, -0.05) is 8.73 Å². The van der Waals surface area contributed by atoms with Crippen LogP contribution in [0.5, 0.6) is 5.75 Å². The molecule has 3 unspecified atom stereocenters. The smallest absolute Gasteiger partial charge is 0.126 e. The molecule has 3 nitrogen and oxygen atoms in total. The highest BCUT2D eigenvalue weighted by atomic mass is 31.1. The summed E-state index contributed by atoms with van der Waals surface area (Å²) < 4.78 is 18.7. The zero-order valence-electron chi connectivity index (χ0n) is 9.74. The number of hydrogen-bond donors (Lipinski definition) is 2. The molecule has 0 saturated heterocycles. The van der Waals surface area contributed by atoms with Gasteiger partial charge in [-0.25, -0.2) is 4.39 Å². The Bertz CT molecular complexity index is 389. The van der Waals surface area contributed by atoms with Gasteiger partial charge in [0.15, 0.2) is 0 Å². The Morgan fingerprint density at radius 3 is 3.24 bits per heavy atom. The standard InChI is InChI=1S/C12H17FNO2P/c1-17-14-7-10(15)12-4-2-8-6-9(13)3-5-11(8)16-12/h3,5-6,10,12,14-15,17H,2,4,7H2,1H3. The fourth-order valence-electron chi connectivity index (χ4n) is 1.99. The predicted molar refractivity (Wildman–Crippen MR) is 67.4 cm³/mol. The Labute approximate surface area is 102 Å². The van der Waals surface area contributed by atoms with Crippen molar-refractivity contribution in [3.8, 4) is 5.75 Å². The van der Waals surface area contributed by atoms with E-state index in [1.54, 1.807) is 6.07 Å². The molecule has 0 spiro atoms. The summed E-state index contributed by atoms with van der Waals surface area (Å²) in [5.74, 6) is 0.459. The number of rotatable bonds is 4. The van der Waals surface area contributed by atoms with E-state index in [1.807, 2.05) is 6.66 Å². The van der Waals surface area contributed by atoms with Crippen LogP contribution < -0.4 is 9.82 Å². The second kappa shape index (κ2) is 5.76. The summed E-state index contributed by atoms with van der Waals surface area (Å²) in [6.45, 7) is 2.56. The third-order valence-electron chi connectivity index (χ3n) is 2.92. The molecule has 94 valence electrons. The number of aliphatic hydroxyl groups is 1. The third-order valence-corrected chi connectivity index (χ3v) is 3.47. The Balaban J connectivity index is 2.00. The van der Waals surface area contributed by atoms with Crippen LogP contribution in [0.3, 0.4) is 0 Å². The predicted octanol–water partition coefficient (Wildman–Crippen LogP) is 1.69. The zero-order valence-corrected chi connectivity index (χ0v) is 10.7. The Kier molecular flexibility index (Phi) is 4.32. The molecule has 1 aromatic carbocycles. The lowest BCUT2D eigenvalue weighted by Gasteiger charge is -2.29. The molecular formula is C12H17FNO2P. The van der Waals surface area contributed by atoms with Crippen molar-refractivity contribution in [1.29, 1.82) is 0 Å². The molecule has 0 aromatic heterocycles. The minimum Gasteiger partial charge on any atom is -0.487 e. The number of halogens is 1. The molecule has 0 bridgehead atoms. The molecule has 1 aromatic rings. The quantitative estimate of drug-likeness (QED) is 0.807. The molecule has 2 rings (SSSR count). The van der Waals surface area contributed by atoms with Crippen molar-refractivity contribution in [2.45, 2.75) is 25.0 Å². The number of aliphatic hydroxyl groups excluding tert-OH is 1. The molecule has 1 heterocycles. The van der Waals surface area contributed by atoms with Crippen LogP contribution in [0.4, 0.5) is 4.39 Å². The molecule has 0 fully saturated rings. The average Bonchev–Trinajstić information content (AvgIpc) is 2.35. The van der Waals surface area contributed by atoms with Crippen LogP contribution in [0.15, 0.2) is 18.2 Å². The van der Waals surface area contributed by atoms with Crippen molar-refractivity contribution in [3.63, 3.8) is 0 Å². The maximum absolute atomic E-state index is 13.0. The van der Waals surface area contributed by atoms with Crippen molar-refractivity contribution >= 4 is 8.73 Å². The van der Waals surface area contributed by atoms with Crippen LogP contribution >= 0.6 is 8.73 Å². The molecule has 1 aliphatic heterocycles. The van der Waals surface area contributed by atoms with Crippen LogP contribution in [0.2, 0.25) is 0 Å². The highest BCUT2D eigenvalue weighted by molar-refractivity contribution is 7.34. The number of ether oxygens (including phenoxy) is 1.